The molecule has 3 aromatic rings. The van der Waals surface area contributed by atoms with Gasteiger partial charge >= 0.3 is 0 Å². The van der Waals surface area contributed by atoms with E-state index in [0.717, 1.165) is 23.3 Å². The molecular formula is C22H26FN5O4S. The fraction of sp³-hybridized carbons (Fsp3) is 0.409. The van der Waals surface area contributed by atoms with E-state index in [2.05, 4.69) is 15.6 Å². The molecule has 9 nitrogen and oxygen atoms in total. The number of hydrogen-bond acceptors (Lipinski definition) is 6. The van der Waals surface area contributed by atoms with Crippen LogP contribution in [0.15, 0.2) is 47.4 Å². The van der Waals surface area contributed by atoms with Crippen LogP contribution in [0.2, 0.25) is 0 Å². The number of amides is 1. The van der Waals surface area contributed by atoms with Crippen LogP contribution in [-0.2, 0) is 21.2 Å². The standard InChI is InChI=1S/C22H26FN5O4S/c1-16-3-2-12-27(14-16)33(30,31)19-8-9-20-21(13-19)28(26-25-20)32-15-22(29)24-11-10-17-4-6-18(23)7-5-17/h4-9,13,16H,2-3,10-12,14-15H2,1H3,(H,24,29). The van der Waals surface area contributed by atoms with E-state index in [1.807, 2.05) is 6.92 Å². The normalized spacial score (nSPS) is 17.2. The molecule has 0 saturated carbocycles. The summed E-state index contributed by atoms with van der Waals surface area (Å²) in [5.74, 6) is -0.362. The third kappa shape index (κ3) is 5.48. The molecule has 0 spiro atoms. The van der Waals surface area contributed by atoms with Gasteiger partial charge in [-0.25, -0.2) is 12.8 Å². The fourth-order valence-electron chi connectivity index (χ4n) is 3.82. The van der Waals surface area contributed by atoms with Gasteiger partial charge in [-0.1, -0.05) is 23.9 Å². The first-order chi connectivity index (χ1) is 15.8. The third-order valence-electron chi connectivity index (χ3n) is 5.61. The second-order valence-corrected chi connectivity index (χ2v) is 10.2. The van der Waals surface area contributed by atoms with Crippen LogP contribution in [0.5, 0.6) is 0 Å². The minimum Gasteiger partial charge on any atom is -0.385 e. The lowest BCUT2D eigenvalue weighted by Gasteiger charge is -2.30. The lowest BCUT2D eigenvalue weighted by molar-refractivity contribution is -0.126. The first kappa shape index (κ1) is 23.1. The van der Waals surface area contributed by atoms with Crippen LogP contribution < -0.4 is 10.2 Å². The van der Waals surface area contributed by atoms with E-state index in [1.54, 1.807) is 18.2 Å². The molecule has 1 aliphatic rings. The average molecular weight is 476 g/mol. The summed E-state index contributed by atoms with van der Waals surface area (Å²) in [4.78, 5) is 18.8. The highest BCUT2D eigenvalue weighted by molar-refractivity contribution is 7.89. The van der Waals surface area contributed by atoms with Crippen molar-refractivity contribution in [2.75, 3.05) is 26.2 Å². The van der Waals surface area contributed by atoms with Gasteiger partial charge in [0.2, 0.25) is 10.0 Å². The molecule has 0 aliphatic carbocycles. The van der Waals surface area contributed by atoms with Crippen LogP contribution in [0.4, 0.5) is 4.39 Å². The van der Waals surface area contributed by atoms with Gasteiger partial charge in [-0.05, 0) is 66.3 Å². The highest BCUT2D eigenvalue weighted by Crippen LogP contribution is 2.25. The van der Waals surface area contributed by atoms with Gasteiger partial charge < -0.3 is 10.2 Å². The van der Waals surface area contributed by atoms with Crippen molar-refractivity contribution in [2.45, 2.75) is 31.1 Å². The monoisotopic (exact) mass is 475 g/mol. The van der Waals surface area contributed by atoms with Gasteiger partial charge in [0.15, 0.2) is 6.61 Å². The number of piperidine rings is 1. The summed E-state index contributed by atoms with van der Waals surface area (Å²) in [5, 5.41) is 10.6. The molecule has 1 saturated heterocycles. The van der Waals surface area contributed by atoms with Crippen molar-refractivity contribution in [3.05, 3.63) is 53.8 Å². The van der Waals surface area contributed by atoms with Gasteiger partial charge in [-0.15, -0.1) is 5.10 Å². The predicted molar refractivity (Wildman–Crippen MR) is 119 cm³/mol. The molecule has 1 fully saturated rings. The minimum absolute atomic E-state index is 0.139. The second-order valence-electron chi connectivity index (χ2n) is 8.22. The lowest BCUT2D eigenvalue weighted by Crippen LogP contribution is -2.39. The first-order valence-corrected chi connectivity index (χ1v) is 12.3. The smallest absolute Gasteiger partial charge is 0.260 e. The summed E-state index contributed by atoms with van der Waals surface area (Å²) in [6.45, 7) is 3.08. The molecule has 0 bridgehead atoms. The van der Waals surface area contributed by atoms with E-state index in [0.29, 0.717) is 43.0 Å². The van der Waals surface area contributed by atoms with Crippen molar-refractivity contribution in [2.24, 2.45) is 5.92 Å². The molecule has 1 atom stereocenters. The first-order valence-electron chi connectivity index (χ1n) is 10.8. The molecule has 11 heteroatoms. The molecule has 176 valence electrons. The van der Waals surface area contributed by atoms with Crippen molar-refractivity contribution < 1.29 is 22.4 Å². The summed E-state index contributed by atoms with van der Waals surface area (Å²) in [5.41, 5.74) is 1.72. The number of nitrogens with one attached hydrogen (secondary N) is 1. The summed E-state index contributed by atoms with van der Waals surface area (Å²) < 4.78 is 40.6. The number of carbonyl (C=O) groups is 1. The Morgan fingerprint density at radius 3 is 2.79 bits per heavy atom. The topological polar surface area (TPSA) is 106 Å². The number of hydrogen-bond donors (Lipinski definition) is 1. The Balaban J connectivity index is 1.38. The quantitative estimate of drug-likeness (QED) is 0.532. The number of nitrogens with zero attached hydrogens (tertiary/aromatic N) is 4. The summed E-state index contributed by atoms with van der Waals surface area (Å²) in [6.07, 6.45) is 2.40. The van der Waals surface area contributed by atoms with Gasteiger partial charge in [0.25, 0.3) is 5.91 Å². The van der Waals surface area contributed by atoms with Crippen molar-refractivity contribution in [1.82, 2.24) is 24.8 Å². The van der Waals surface area contributed by atoms with Crippen molar-refractivity contribution >= 4 is 27.0 Å². The predicted octanol–water partition coefficient (Wildman–Crippen LogP) is 1.78. The van der Waals surface area contributed by atoms with Crippen molar-refractivity contribution in [3.8, 4) is 0 Å². The zero-order valence-corrected chi connectivity index (χ0v) is 19.1. The second kappa shape index (κ2) is 9.84. The van der Waals surface area contributed by atoms with Crippen LogP contribution in [0.1, 0.15) is 25.3 Å². The average Bonchev–Trinajstić information content (AvgIpc) is 3.21. The number of benzene rings is 2. The molecule has 1 unspecified atom stereocenters. The van der Waals surface area contributed by atoms with Crippen LogP contribution in [0, 0.1) is 11.7 Å². The zero-order valence-electron chi connectivity index (χ0n) is 18.3. The maximum Gasteiger partial charge on any atom is 0.260 e. The van der Waals surface area contributed by atoms with E-state index in [1.165, 1.54) is 28.6 Å². The molecule has 1 aromatic heterocycles. The molecule has 1 N–H and O–H groups in total. The van der Waals surface area contributed by atoms with Crippen molar-refractivity contribution in [1.29, 1.82) is 0 Å². The Kier molecular flexibility index (Phi) is 6.89. The molecular weight excluding hydrogens is 449 g/mol. The lowest BCUT2D eigenvalue weighted by atomic mass is 10.0. The molecule has 33 heavy (non-hydrogen) atoms. The maximum atomic E-state index is 13.1. The van der Waals surface area contributed by atoms with Crippen LogP contribution in [-0.4, -0.2) is 60.0 Å². The molecule has 2 heterocycles. The Bertz CT molecular complexity index is 1230. The maximum absolute atomic E-state index is 13.1. The highest BCUT2D eigenvalue weighted by atomic mass is 32.2. The molecule has 4 rings (SSSR count). The molecule has 1 amide bonds. The molecule has 2 aromatic carbocycles. The Morgan fingerprint density at radius 1 is 1.24 bits per heavy atom. The number of fused-ring (bicyclic) bond motifs is 1. The number of halogens is 1. The minimum atomic E-state index is -3.65. The van der Waals surface area contributed by atoms with Crippen LogP contribution in [0.25, 0.3) is 11.0 Å². The number of sulfonamides is 1. The van der Waals surface area contributed by atoms with Crippen molar-refractivity contribution in [3.63, 3.8) is 0 Å². The van der Waals surface area contributed by atoms with Crippen LogP contribution in [0.3, 0.4) is 0 Å². The van der Waals surface area contributed by atoms with Gasteiger partial charge in [0.05, 0.1) is 4.90 Å². The fourth-order valence-corrected chi connectivity index (χ4v) is 5.43. The Morgan fingerprint density at radius 2 is 2.03 bits per heavy atom. The van der Waals surface area contributed by atoms with E-state index in [9.17, 15) is 17.6 Å². The number of rotatable bonds is 8. The van der Waals surface area contributed by atoms with E-state index in [-0.39, 0.29) is 23.2 Å². The third-order valence-corrected chi connectivity index (χ3v) is 7.47. The Hall–Kier alpha value is -3.05. The highest BCUT2D eigenvalue weighted by Gasteiger charge is 2.29. The molecule has 1 aliphatic heterocycles. The Labute approximate surface area is 191 Å². The van der Waals surface area contributed by atoms with E-state index in [4.69, 9.17) is 4.84 Å². The van der Waals surface area contributed by atoms with Gasteiger partial charge in [0, 0.05) is 19.6 Å². The van der Waals surface area contributed by atoms with Gasteiger partial charge in [0.1, 0.15) is 16.9 Å². The zero-order chi connectivity index (χ0) is 23.4. The van der Waals surface area contributed by atoms with Gasteiger partial charge in [-0.3, -0.25) is 4.79 Å². The summed E-state index contributed by atoms with van der Waals surface area (Å²) in [7, 11) is -3.65. The number of aromatic nitrogens is 3. The summed E-state index contributed by atoms with van der Waals surface area (Å²) in [6, 6.07) is 10.6. The number of carbonyl (C=O) groups excluding carboxylic acids is 1. The largest absolute Gasteiger partial charge is 0.385 e. The van der Waals surface area contributed by atoms with E-state index < -0.39 is 10.0 Å². The van der Waals surface area contributed by atoms with Crippen LogP contribution >= 0.6 is 0 Å². The SMILES string of the molecule is CC1CCCN(S(=O)(=O)c2ccc3nnn(OCC(=O)NCCc4ccc(F)cc4)c3c2)C1. The summed E-state index contributed by atoms with van der Waals surface area (Å²) >= 11 is 0. The molecule has 0 radical (unpaired) electrons. The van der Waals surface area contributed by atoms with Gasteiger partial charge in [-0.2, -0.15) is 4.31 Å². The van der Waals surface area contributed by atoms with E-state index >= 15 is 0 Å².